The first-order valence-corrected chi connectivity index (χ1v) is 9.18. The predicted octanol–water partition coefficient (Wildman–Crippen LogP) is 3.48. The SMILES string of the molecule is Cc1cc(C)c2oc3c(c(=O)c2c1)[C@H](c1ccccc1F)N(CCCO)C3=O. The highest BCUT2D eigenvalue weighted by Gasteiger charge is 2.43. The number of hydrogen-bond donors (Lipinski definition) is 1. The molecule has 5 nitrogen and oxygen atoms in total. The summed E-state index contributed by atoms with van der Waals surface area (Å²) in [5.41, 5.74) is 2.12. The smallest absolute Gasteiger partial charge is 0.290 e. The second-order valence-electron chi connectivity index (χ2n) is 7.13. The van der Waals surface area contributed by atoms with Crippen LogP contribution in [-0.2, 0) is 0 Å². The van der Waals surface area contributed by atoms with Gasteiger partial charge in [-0.05, 0) is 43.5 Å². The Balaban J connectivity index is 2.03. The zero-order valence-corrected chi connectivity index (χ0v) is 15.7. The molecular weight excluding hydrogens is 361 g/mol. The Morgan fingerprint density at radius 1 is 1.18 bits per heavy atom. The summed E-state index contributed by atoms with van der Waals surface area (Å²) in [5, 5.41) is 9.60. The molecule has 0 saturated carbocycles. The Hall–Kier alpha value is -2.99. The lowest BCUT2D eigenvalue weighted by Crippen LogP contribution is -2.31. The van der Waals surface area contributed by atoms with E-state index >= 15 is 0 Å². The normalized spacial score (nSPS) is 16.1. The van der Waals surface area contributed by atoms with Crippen LogP contribution in [0.25, 0.3) is 11.0 Å². The number of carbonyl (C=O) groups excluding carboxylic acids is 1. The highest BCUT2D eigenvalue weighted by Crippen LogP contribution is 2.39. The van der Waals surface area contributed by atoms with Gasteiger partial charge in [0, 0.05) is 18.7 Å². The summed E-state index contributed by atoms with van der Waals surface area (Å²) in [6.07, 6.45) is 0.316. The molecule has 0 aliphatic carbocycles. The fraction of sp³-hybridized carbons (Fsp3) is 0.273. The summed E-state index contributed by atoms with van der Waals surface area (Å²) in [6.45, 7) is 3.77. The van der Waals surface area contributed by atoms with Gasteiger partial charge in [-0.25, -0.2) is 4.39 Å². The Labute approximate surface area is 161 Å². The summed E-state index contributed by atoms with van der Waals surface area (Å²) in [5.74, 6) is -1.01. The maximum atomic E-state index is 14.6. The molecule has 1 aliphatic heterocycles. The molecule has 2 heterocycles. The van der Waals surface area contributed by atoms with Crippen molar-refractivity contribution < 1.29 is 18.7 Å². The van der Waals surface area contributed by atoms with E-state index in [2.05, 4.69) is 0 Å². The molecule has 0 bridgehead atoms. The Bertz CT molecular complexity index is 1150. The summed E-state index contributed by atoms with van der Waals surface area (Å²) in [7, 11) is 0. The molecule has 3 aromatic rings. The molecular formula is C22H20FNO4. The van der Waals surface area contributed by atoms with Gasteiger partial charge in [-0.3, -0.25) is 9.59 Å². The molecule has 0 fully saturated rings. The van der Waals surface area contributed by atoms with Crippen LogP contribution in [-0.4, -0.2) is 29.1 Å². The Morgan fingerprint density at radius 3 is 2.64 bits per heavy atom. The van der Waals surface area contributed by atoms with Crippen LogP contribution >= 0.6 is 0 Å². The van der Waals surface area contributed by atoms with Crippen LogP contribution in [0.4, 0.5) is 4.39 Å². The first kappa shape index (κ1) is 18.4. The Morgan fingerprint density at radius 2 is 1.93 bits per heavy atom. The molecule has 1 aliphatic rings. The lowest BCUT2D eigenvalue weighted by molar-refractivity contribution is 0.0714. The van der Waals surface area contributed by atoms with Gasteiger partial charge >= 0.3 is 0 Å². The third-order valence-electron chi connectivity index (χ3n) is 5.15. The summed E-state index contributed by atoms with van der Waals surface area (Å²) in [6, 6.07) is 8.84. The molecule has 0 unspecified atom stereocenters. The van der Waals surface area contributed by atoms with Crippen molar-refractivity contribution in [3.63, 3.8) is 0 Å². The van der Waals surface area contributed by atoms with Crippen molar-refractivity contribution in [3.05, 3.63) is 80.5 Å². The van der Waals surface area contributed by atoms with Gasteiger partial charge in [-0.2, -0.15) is 0 Å². The predicted molar refractivity (Wildman–Crippen MR) is 103 cm³/mol. The zero-order valence-electron chi connectivity index (χ0n) is 15.7. The molecule has 1 amide bonds. The van der Waals surface area contributed by atoms with Gasteiger partial charge in [-0.15, -0.1) is 0 Å². The number of nitrogens with zero attached hydrogens (tertiary/aromatic N) is 1. The van der Waals surface area contributed by atoms with E-state index in [4.69, 9.17) is 4.42 Å². The van der Waals surface area contributed by atoms with E-state index in [1.165, 1.54) is 11.0 Å². The van der Waals surface area contributed by atoms with Crippen LogP contribution in [0.15, 0.2) is 45.6 Å². The summed E-state index contributed by atoms with van der Waals surface area (Å²) >= 11 is 0. The van der Waals surface area contributed by atoms with E-state index in [-0.39, 0.29) is 35.5 Å². The maximum Gasteiger partial charge on any atom is 0.290 e. The average Bonchev–Trinajstić information content (AvgIpc) is 2.94. The van der Waals surface area contributed by atoms with Crippen molar-refractivity contribution in [3.8, 4) is 0 Å². The average molecular weight is 381 g/mol. The third kappa shape index (κ3) is 2.72. The van der Waals surface area contributed by atoms with Crippen LogP contribution in [0.3, 0.4) is 0 Å². The summed E-state index contributed by atoms with van der Waals surface area (Å²) in [4.78, 5) is 27.8. The van der Waals surface area contributed by atoms with Crippen LogP contribution < -0.4 is 5.43 Å². The molecule has 0 radical (unpaired) electrons. The highest BCUT2D eigenvalue weighted by molar-refractivity contribution is 5.99. The molecule has 144 valence electrons. The lowest BCUT2D eigenvalue weighted by atomic mass is 9.97. The maximum absolute atomic E-state index is 14.6. The minimum Gasteiger partial charge on any atom is -0.450 e. The molecule has 2 aromatic carbocycles. The largest absolute Gasteiger partial charge is 0.450 e. The van der Waals surface area contributed by atoms with E-state index in [0.717, 1.165) is 11.1 Å². The van der Waals surface area contributed by atoms with Gasteiger partial charge in [0.1, 0.15) is 11.4 Å². The van der Waals surface area contributed by atoms with Crippen LogP contribution in [0.2, 0.25) is 0 Å². The molecule has 4 rings (SSSR count). The van der Waals surface area contributed by atoms with E-state index in [1.54, 1.807) is 24.3 Å². The number of aliphatic hydroxyl groups excluding tert-OH is 1. The summed E-state index contributed by atoms with van der Waals surface area (Å²) < 4.78 is 20.5. The standard InChI is InChI=1S/C22H20FNO4/c1-12-10-13(2)20-15(11-12)19(26)17-18(14-6-3-4-7-16(14)23)24(8-5-9-25)22(27)21(17)28-20/h3-4,6-7,10-11,18,25H,5,8-9H2,1-2H3/t18-/m0/s1. The van der Waals surface area contributed by atoms with Crippen LogP contribution in [0.1, 0.15) is 45.3 Å². The topological polar surface area (TPSA) is 70.8 Å². The van der Waals surface area contributed by atoms with Crippen molar-refractivity contribution in [1.29, 1.82) is 0 Å². The second-order valence-corrected chi connectivity index (χ2v) is 7.13. The van der Waals surface area contributed by atoms with Crippen molar-refractivity contribution >= 4 is 16.9 Å². The van der Waals surface area contributed by atoms with E-state index in [0.29, 0.717) is 17.4 Å². The number of halogens is 1. The van der Waals surface area contributed by atoms with Crippen molar-refractivity contribution in [2.75, 3.05) is 13.2 Å². The van der Waals surface area contributed by atoms with Crippen LogP contribution in [0.5, 0.6) is 0 Å². The second kappa shape index (κ2) is 6.87. The molecule has 6 heteroatoms. The number of hydrogen-bond acceptors (Lipinski definition) is 4. The number of rotatable bonds is 4. The quantitative estimate of drug-likeness (QED) is 0.751. The fourth-order valence-corrected chi connectivity index (χ4v) is 3.97. The number of carbonyl (C=O) groups is 1. The van der Waals surface area contributed by atoms with E-state index in [1.807, 2.05) is 19.9 Å². The number of aryl methyl sites for hydroxylation is 2. The minimum atomic E-state index is -0.878. The lowest BCUT2D eigenvalue weighted by Gasteiger charge is -2.25. The molecule has 0 spiro atoms. The number of aliphatic hydroxyl groups is 1. The van der Waals surface area contributed by atoms with E-state index in [9.17, 15) is 19.1 Å². The fourth-order valence-electron chi connectivity index (χ4n) is 3.97. The van der Waals surface area contributed by atoms with Gasteiger partial charge in [0.15, 0.2) is 5.43 Å². The zero-order chi connectivity index (χ0) is 20.0. The minimum absolute atomic E-state index is 0.0457. The first-order valence-electron chi connectivity index (χ1n) is 9.18. The van der Waals surface area contributed by atoms with Gasteiger partial charge in [0.25, 0.3) is 5.91 Å². The molecule has 1 aromatic heterocycles. The molecule has 1 atom stereocenters. The highest BCUT2D eigenvalue weighted by atomic mass is 19.1. The van der Waals surface area contributed by atoms with Gasteiger partial charge in [0.2, 0.25) is 5.76 Å². The van der Waals surface area contributed by atoms with Crippen molar-refractivity contribution in [2.24, 2.45) is 0 Å². The van der Waals surface area contributed by atoms with Crippen LogP contribution in [0, 0.1) is 19.7 Å². The monoisotopic (exact) mass is 381 g/mol. The number of fused-ring (bicyclic) bond motifs is 2. The van der Waals surface area contributed by atoms with Gasteiger partial charge in [-0.1, -0.05) is 24.3 Å². The van der Waals surface area contributed by atoms with Crippen molar-refractivity contribution in [2.45, 2.75) is 26.3 Å². The van der Waals surface area contributed by atoms with E-state index < -0.39 is 17.8 Å². The molecule has 28 heavy (non-hydrogen) atoms. The third-order valence-corrected chi connectivity index (χ3v) is 5.15. The molecule has 0 saturated heterocycles. The number of amides is 1. The Kier molecular flexibility index (Phi) is 4.51. The molecule has 1 N–H and O–H groups in total. The van der Waals surface area contributed by atoms with Crippen molar-refractivity contribution in [1.82, 2.24) is 4.90 Å². The first-order chi connectivity index (χ1) is 13.4. The van der Waals surface area contributed by atoms with Gasteiger partial charge in [0.05, 0.1) is 17.0 Å². The number of benzene rings is 2. The van der Waals surface area contributed by atoms with Gasteiger partial charge < -0.3 is 14.4 Å².